The lowest BCUT2D eigenvalue weighted by atomic mass is 10.4. The number of hydrogen-bond donors (Lipinski definition) is 2. The Balaban J connectivity index is 2.41. The van der Waals surface area contributed by atoms with Gasteiger partial charge in [-0.25, -0.2) is 13.2 Å². The average molecular weight is 377 g/mol. The summed E-state index contributed by atoms with van der Waals surface area (Å²) in [6.07, 6.45) is 2.91. The van der Waals surface area contributed by atoms with Crippen LogP contribution in [0.15, 0.2) is 33.9 Å². The summed E-state index contributed by atoms with van der Waals surface area (Å²) >= 11 is 4.11. The van der Waals surface area contributed by atoms with Crippen LogP contribution in [0.4, 0.5) is 5.69 Å². The van der Waals surface area contributed by atoms with Crippen LogP contribution in [0.1, 0.15) is 14.5 Å². The highest BCUT2D eigenvalue weighted by atomic mass is 79.9. The zero-order valence-electron chi connectivity index (χ0n) is 10.1. The Morgan fingerprint density at radius 2 is 2.20 bits per heavy atom. The number of nitrogens with zero attached hydrogens (tertiary/aromatic N) is 1. The second kappa shape index (κ2) is 5.51. The monoisotopic (exact) mass is 376 g/mol. The molecule has 2 aromatic heterocycles. The molecule has 20 heavy (non-hydrogen) atoms. The highest BCUT2D eigenvalue weighted by molar-refractivity contribution is 9.10. The lowest BCUT2D eigenvalue weighted by Gasteiger charge is -2.08. The first kappa shape index (κ1) is 14.9. The quantitative estimate of drug-likeness (QED) is 0.854. The Bertz CT molecular complexity index is 770. The van der Waals surface area contributed by atoms with E-state index in [2.05, 4.69) is 25.6 Å². The molecule has 6 nitrogen and oxygen atoms in total. The molecule has 0 aliphatic heterocycles. The van der Waals surface area contributed by atoms with Crippen molar-refractivity contribution >= 4 is 48.9 Å². The molecule has 2 aromatic rings. The van der Waals surface area contributed by atoms with Crippen LogP contribution in [-0.4, -0.2) is 24.5 Å². The maximum absolute atomic E-state index is 12.3. The molecular weight excluding hydrogens is 368 g/mol. The van der Waals surface area contributed by atoms with Gasteiger partial charge in [0.05, 0.1) is 10.2 Å². The highest BCUT2D eigenvalue weighted by Gasteiger charge is 2.22. The van der Waals surface area contributed by atoms with Crippen molar-refractivity contribution in [1.82, 2.24) is 4.98 Å². The molecule has 0 aliphatic carbocycles. The van der Waals surface area contributed by atoms with Crippen LogP contribution >= 0.6 is 27.3 Å². The fourth-order valence-corrected chi connectivity index (χ4v) is 4.49. The molecule has 0 saturated heterocycles. The lowest BCUT2D eigenvalue weighted by Crippen LogP contribution is -2.13. The number of carboxylic acid groups (broad SMARTS) is 1. The number of nitrogens with one attached hydrogen (secondary N) is 1. The Morgan fingerprint density at radius 1 is 1.50 bits per heavy atom. The first-order valence-corrected chi connectivity index (χ1v) is 8.36. The minimum atomic E-state index is -3.84. The maximum Gasteiger partial charge on any atom is 0.345 e. The molecule has 9 heteroatoms. The summed E-state index contributed by atoms with van der Waals surface area (Å²) in [7, 11) is -3.84. The molecule has 0 aromatic carbocycles. The second-order valence-corrected chi connectivity index (χ2v) is 7.56. The third-order valence-corrected chi connectivity index (χ3v) is 5.68. The zero-order chi connectivity index (χ0) is 14.9. The molecule has 0 fully saturated rings. The van der Waals surface area contributed by atoms with Gasteiger partial charge in [-0.2, -0.15) is 0 Å². The van der Waals surface area contributed by atoms with Crippen LogP contribution in [0.3, 0.4) is 0 Å². The van der Waals surface area contributed by atoms with Crippen LogP contribution in [-0.2, 0) is 10.0 Å². The first-order chi connectivity index (χ1) is 9.31. The van der Waals surface area contributed by atoms with Gasteiger partial charge >= 0.3 is 5.97 Å². The van der Waals surface area contributed by atoms with E-state index in [1.54, 1.807) is 6.92 Å². The molecule has 2 N–H and O–H groups in total. The van der Waals surface area contributed by atoms with Crippen LogP contribution < -0.4 is 4.72 Å². The number of aryl methyl sites for hydroxylation is 1. The van der Waals surface area contributed by atoms with E-state index in [-0.39, 0.29) is 9.77 Å². The van der Waals surface area contributed by atoms with Crippen molar-refractivity contribution in [3.63, 3.8) is 0 Å². The summed E-state index contributed by atoms with van der Waals surface area (Å²) in [6.45, 7) is 1.56. The summed E-state index contributed by atoms with van der Waals surface area (Å²) < 4.78 is 27.4. The Morgan fingerprint density at radius 3 is 2.75 bits per heavy atom. The molecule has 0 saturated carbocycles. The Labute approximate surface area is 127 Å². The molecule has 0 amide bonds. The predicted octanol–water partition coefficient (Wildman–Crippen LogP) is 2.71. The van der Waals surface area contributed by atoms with E-state index in [0.717, 1.165) is 17.4 Å². The number of aromatic nitrogens is 1. The standard InChI is InChI=1S/C11H9BrN2O4S2/c1-6-10(4-9(19-6)11(15)16)20(17,18)14-8-2-3-13-5-7(8)12/h2-5H,1H3,(H,13,14)(H,15,16). The number of aromatic carboxylic acids is 1. The fourth-order valence-electron chi connectivity index (χ4n) is 1.50. The SMILES string of the molecule is Cc1sc(C(=O)O)cc1S(=O)(=O)Nc1ccncc1Br. The predicted molar refractivity (Wildman–Crippen MR) is 78.8 cm³/mol. The second-order valence-electron chi connectivity index (χ2n) is 3.80. The number of thiophene rings is 1. The van der Waals surface area contributed by atoms with E-state index in [1.807, 2.05) is 0 Å². The molecule has 0 bridgehead atoms. The minimum absolute atomic E-state index is 0.0170. The third kappa shape index (κ3) is 3.00. The molecule has 0 radical (unpaired) electrons. The largest absolute Gasteiger partial charge is 0.477 e. The number of anilines is 1. The van der Waals surface area contributed by atoms with Crippen molar-refractivity contribution in [2.75, 3.05) is 4.72 Å². The zero-order valence-corrected chi connectivity index (χ0v) is 13.3. The molecule has 0 spiro atoms. The van der Waals surface area contributed by atoms with Crippen LogP contribution in [0.5, 0.6) is 0 Å². The van der Waals surface area contributed by atoms with Crippen LogP contribution in [0.2, 0.25) is 0 Å². The molecule has 2 heterocycles. The van der Waals surface area contributed by atoms with Crippen LogP contribution in [0, 0.1) is 6.92 Å². The van der Waals surface area contributed by atoms with Crippen molar-refractivity contribution < 1.29 is 18.3 Å². The van der Waals surface area contributed by atoms with Gasteiger partial charge < -0.3 is 5.11 Å². The van der Waals surface area contributed by atoms with Gasteiger partial charge in [-0.15, -0.1) is 11.3 Å². The molecule has 0 unspecified atom stereocenters. The van der Waals surface area contributed by atoms with Gasteiger partial charge in [0, 0.05) is 17.3 Å². The fraction of sp³-hybridized carbons (Fsp3) is 0.0909. The number of sulfonamides is 1. The normalized spacial score (nSPS) is 11.3. The smallest absolute Gasteiger partial charge is 0.345 e. The summed E-state index contributed by atoms with van der Waals surface area (Å²) in [6, 6.07) is 2.65. The number of rotatable bonds is 4. The summed E-state index contributed by atoms with van der Waals surface area (Å²) in [4.78, 5) is 15.1. The van der Waals surface area contributed by atoms with Crippen molar-refractivity contribution in [3.8, 4) is 0 Å². The highest BCUT2D eigenvalue weighted by Crippen LogP contribution is 2.29. The number of halogens is 1. The average Bonchev–Trinajstić information content (AvgIpc) is 2.75. The molecule has 2 rings (SSSR count). The van der Waals surface area contributed by atoms with E-state index >= 15 is 0 Å². The van der Waals surface area contributed by atoms with E-state index in [4.69, 9.17) is 5.11 Å². The lowest BCUT2D eigenvalue weighted by molar-refractivity contribution is 0.0702. The van der Waals surface area contributed by atoms with Gasteiger partial charge in [0.2, 0.25) is 0 Å². The van der Waals surface area contributed by atoms with Crippen molar-refractivity contribution in [3.05, 3.63) is 38.8 Å². The first-order valence-electron chi connectivity index (χ1n) is 5.27. The summed E-state index contributed by atoms with van der Waals surface area (Å²) in [5.41, 5.74) is 0.336. The van der Waals surface area contributed by atoms with Gasteiger partial charge in [0.1, 0.15) is 9.77 Å². The van der Waals surface area contributed by atoms with Gasteiger partial charge in [0.15, 0.2) is 0 Å². The third-order valence-electron chi connectivity index (χ3n) is 2.39. The van der Waals surface area contributed by atoms with Gasteiger partial charge in [-0.3, -0.25) is 9.71 Å². The van der Waals surface area contributed by atoms with Gasteiger partial charge in [-0.05, 0) is 35.0 Å². The summed E-state index contributed by atoms with van der Waals surface area (Å²) in [5.74, 6) is -1.15. The number of carboxylic acids is 1. The van der Waals surface area contributed by atoms with Crippen LogP contribution in [0.25, 0.3) is 0 Å². The summed E-state index contributed by atoms with van der Waals surface area (Å²) in [5, 5.41) is 8.90. The molecule has 0 aliphatic rings. The number of hydrogen-bond acceptors (Lipinski definition) is 5. The van der Waals surface area contributed by atoms with Gasteiger partial charge in [0.25, 0.3) is 10.0 Å². The van der Waals surface area contributed by atoms with E-state index in [1.165, 1.54) is 18.5 Å². The maximum atomic E-state index is 12.3. The number of carbonyl (C=O) groups is 1. The van der Waals surface area contributed by atoms with Crippen molar-refractivity contribution in [1.29, 1.82) is 0 Å². The molecular formula is C11H9BrN2O4S2. The Hall–Kier alpha value is -1.45. The van der Waals surface area contributed by atoms with E-state index < -0.39 is 16.0 Å². The molecule has 0 atom stereocenters. The molecule has 106 valence electrons. The van der Waals surface area contributed by atoms with E-state index in [0.29, 0.717) is 15.0 Å². The van der Waals surface area contributed by atoms with E-state index in [9.17, 15) is 13.2 Å². The number of pyridine rings is 1. The van der Waals surface area contributed by atoms with Gasteiger partial charge in [-0.1, -0.05) is 0 Å². The minimum Gasteiger partial charge on any atom is -0.477 e. The Kier molecular flexibility index (Phi) is 4.11. The topological polar surface area (TPSA) is 96.4 Å². The van der Waals surface area contributed by atoms with Crippen molar-refractivity contribution in [2.45, 2.75) is 11.8 Å². The van der Waals surface area contributed by atoms with Crippen molar-refractivity contribution in [2.24, 2.45) is 0 Å².